The van der Waals surface area contributed by atoms with Gasteiger partial charge in [0.25, 0.3) is 0 Å². The van der Waals surface area contributed by atoms with Crippen LogP contribution in [0, 0.1) is 0 Å². The van der Waals surface area contributed by atoms with E-state index in [1.165, 1.54) is 0 Å². The number of hydrogen-bond acceptors (Lipinski definition) is 4. The molecule has 0 spiro atoms. The van der Waals surface area contributed by atoms with Gasteiger partial charge in [0, 0.05) is 67.4 Å². The topological polar surface area (TPSA) is 60.4 Å². The number of aryl methyl sites for hydroxylation is 2. The number of carbonyl (C=O) groups is 2. The van der Waals surface area contributed by atoms with Crippen LogP contribution in [-0.2, 0) is 12.8 Å². The standard InChI is InChI=1S/C32H18O4/c33-23-13-11-17-15(23)8-10-22-28-20-4-2-6-26-30(20)27(19-3-1-5-25(29(19)28)35-31(17)22)21-9-7-16-18(32(21)36-26)12-14-24(16)34/h1-10H,11-14H2. The van der Waals surface area contributed by atoms with Gasteiger partial charge in [0.15, 0.2) is 11.6 Å². The molecule has 4 nitrogen and oxygen atoms in total. The molecule has 2 heterocycles. The van der Waals surface area contributed by atoms with Crippen molar-refractivity contribution in [3.63, 3.8) is 0 Å². The molecule has 2 aliphatic carbocycles. The van der Waals surface area contributed by atoms with Crippen LogP contribution < -0.4 is 0 Å². The second-order valence-corrected chi connectivity index (χ2v) is 10.1. The summed E-state index contributed by atoms with van der Waals surface area (Å²) >= 11 is 0. The summed E-state index contributed by atoms with van der Waals surface area (Å²) < 4.78 is 13.2. The molecule has 2 aliphatic rings. The third-order valence-corrected chi connectivity index (χ3v) is 8.38. The van der Waals surface area contributed by atoms with Gasteiger partial charge < -0.3 is 8.83 Å². The average Bonchev–Trinajstić information content (AvgIpc) is 3.48. The summed E-state index contributed by atoms with van der Waals surface area (Å²) in [6, 6.07) is 20.5. The van der Waals surface area contributed by atoms with E-state index in [4.69, 9.17) is 8.83 Å². The minimum absolute atomic E-state index is 0.188. The van der Waals surface area contributed by atoms with Crippen molar-refractivity contribution in [1.29, 1.82) is 0 Å². The van der Waals surface area contributed by atoms with E-state index in [9.17, 15) is 9.59 Å². The molecule has 0 fully saturated rings. The Bertz CT molecular complexity index is 2030. The maximum Gasteiger partial charge on any atom is 0.163 e. The fourth-order valence-corrected chi connectivity index (χ4v) is 6.86. The highest BCUT2D eigenvalue weighted by molar-refractivity contribution is 6.40. The van der Waals surface area contributed by atoms with Gasteiger partial charge in [-0.15, -0.1) is 0 Å². The van der Waals surface area contributed by atoms with E-state index in [-0.39, 0.29) is 11.6 Å². The largest absolute Gasteiger partial charge is 0.456 e. The van der Waals surface area contributed by atoms with Gasteiger partial charge in [-0.25, -0.2) is 0 Å². The van der Waals surface area contributed by atoms with Crippen LogP contribution in [0.25, 0.3) is 65.4 Å². The van der Waals surface area contributed by atoms with Gasteiger partial charge in [-0.3, -0.25) is 9.59 Å². The SMILES string of the molecule is O=C1CCc2c1ccc1c2oc2cccc3c2c1c1cccc2oc4c5c(ccc4c3c21)C(=O)CC5. The molecule has 5 aromatic carbocycles. The van der Waals surface area contributed by atoms with E-state index in [1.807, 2.05) is 48.5 Å². The molecule has 2 aromatic heterocycles. The Balaban J connectivity index is 1.59. The second kappa shape index (κ2) is 6.21. The number of hydrogen-bond donors (Lipinski definition) is 0. The van der Waals surface area contributed by atoms with Gasteiger partial charge in [-0.05, 0) is 47.9 Å². The van der Waals surface area contributed by atoms with Crippen LogP contribution >= 0.6 is 0 Å². The zero-order valence-corrected chi connectivity index (χ0v) is 19.2. The Morgan fingerprint density at radius 2 is 0.944 bits per heavy atom. The summed E-state index contributed by atoms with van der Waals surface area (Å²) in [6.07, 6.45) is 2.50. The molecule has 36 heavy (non-hydrogen) atoms. The first-order valence-electron chi connectivity index (χ1n) is 12.4. The molecule has 4 heteroatoms. The smallest absolute Gasteiger partial charge is 0.163 e. The zero-order chi connectivity index (χ0) is 23.7. The number of ketones is 2. The third kappa shape index (κ3) is 2.08. The molecular formula is C32H18O4. The summed E-state index contributed by atoms with van der Waals surface area (Å²) in [5.74, 6) is 0.377. The van der Waals surface area contributed by atoms with Gasteiger partial charge in [0.1, 0.15) is 22.3 Å². The van der Waals surface area contributed by atoms with Crippen LogP contribution in [0.2, 0.25) is 0 Å². The first-order chi connectivity index (χ1) is 17.7. The summed E-state index contributed by atoms with van der Waals surface area (Å²) in [7, 11) is 0. The fraction of sp³-hybridized carbons (Fsp3) is 0.125. The van der Waals surface area contributed by atoms with E-state index >= 15 is 0 Å². The van der Waals surface area contributed by atoms with Crippen LogP contribution in [0.3, 0.4) is 0 Å². The maximum atomic E-state index is 12.5. The number of rotatable bonds is 0. The molecule has 0 N–H and O–H groups in total. The van der Waals surface area contributed by atoms with E-state index < -0.39 is 0 Å². The number of benzene rings is 5. The molecular weight excluding hydrogens is 448 g/mol. The van der Waals surface area contributed by atoms with Crippen molar-refractivity contribution in [3.05, 3.63) is 82.9 Å². The lowest BCUT2D eigenvalue weighted by Gasteiger charge is -2.18. The molecule has 0 atom stereocenters. The lowest BCUT2D eigenvalue weighted by molar-refractivity contribution is 0.0986. The van der Waals surface area contributed by atoms with Crippen LogP contribution in [0.4, 0.5) is 0 Å². The minimum atomic E-state index is 0.188. The Kier molecular flexibility index (Phi) is 3.25. The van der Waals surface area contributed by atoms with Crippen molar-refractivity contribution in [2.45, 2.75) is 25.7 Å². The first kappa shape index (κ1) is 18.8. The predicted molar refractivity (Wildman–Crippen MR) is 141 cm³/mol. The normalized spacial score (nSPS) is 15.4. The fourth-order valence-electron chi connectivity index (χ4n) is 6.86. The van der Waals surface area contributed by atoms with Crippen LogP contribution in [-0.4, -0.2) is 11.6 Å². The molecule has 7 aromatic rings. The van der Waals surface area contributed by atoms with Crippen molar-refractivity contribution in [3.8, 4) is 0 Å². The van der Waals surface area contributed by atoms with E-state index in [0.717, 1.165) is 87.7 Å². The zero-order valence-electron chi connectivity index (χ0n) is 19.2. The molecule has 0 unspecified atom stereocenters. The summed E-state index contributed by atoms with van der Waals surface area (Å²) in [6.45, 7) is 0. The number of Topliss-reactive ketones (excluding diaryl/α,β-unsaturated/α-hetero) is 2. The molecule has 0 saturated heterocycles. The van der Waals surface area contributed by atoms with Crippen molar-refractivity contribution in [1.82, 2.24) is 0 Å². The molecule has 0 aliphatic heterocycles. The minimum Gasteiger partial charge on any atom is -0.456 e. The van der Waals surface area contributed by atoms with E-state index in [1.54, 1.807) is 0 Å². The Labute approximate surface area is 204 Å². The number of carbonyl (C=O) groups excluding carboxylic acids is 2. The predicted octanol–water partition coefficient (Wildman–Crippen LogP) is 8.05. The molecule has 9 rings (SSSR count). The van der Waals surface area contributed by atoms with E-state index in [0.29, 0.717) is 25.7 Å². The third-order valence-electron chi connectivity index (χ3n) is 8.38. The maximum absolute atomic E-state index is 12.5. The number of fused-ring (bicyclic) bond motifs is 10. The van der Waals surface area contributed by atoms with Gasteiger partial charge in [-0.2, -0.15) is 0 Å². The summed E-state index contributed by atoms with van der Waals surface area (Å²) in [5, 5.41) is 8.71. The molecule has 0 bridgehead atoms. The van der Waals surface area contributed by atoms with Gasteiger partial charge in [0.05, 0.1) is 0 Å². The van der Waals surface area contributed by atoms with Gasteiger partial charge in [-0.1, -0.05) is 36.4 Å². The molecule has 0 amide bonds. The van der Waals surface area contributed by atoms with Gasteiger partial charge >= 0.3 is 0 Å². The Morgan fingerprint density at radius 1 is 0.472 bits per heavy atom. The molecule has 0 radical (unpaired) electrons. The Hall–Kier alpha value is -4.44. The lowest BCUT2D eigenvalue weighted by Crippen LogP contribution is -1.95. The van der Waals surface area contributed by atoms with Crippen LogP contribution in [0.15, 0.2) is 69.5 Å². The lowest BCUT2D eigenvalue weighted by atomic mass is 9.89. The van der Waals surface area contributed by atoms with Gasteiger partial charge in [0.2, 0.25) is 0 Å². The highest BCUT2D eigenvalue weighted by Crippen LogP contribution is 2.48. The van der Waals surface area contributed by atoms with Crippen molar-refractivity contribution >= 4 is 77.0 Å². The molecule has 170 valence electrons. The second-order valence-electron chi connectivity index (χ2n) is 10.1. The Morgan fingerprint density at radius 3 is 1.42 bits per heavy atom. The average molecular weight is 466 g/mol. The van der Waals surface area contributed by atoms with Crippen molar-refractivity contribution in [2.75, 3.05) is 0 Å². The highest BCUT2D eigenvalue weighted by atomic mass is 16.3. The quantitative estimate of drug-likeness (QED) is 0.168. The molecule has 0 saturated carbocycles. The van der Waals surface area contributed by atoms with Crippen molar-refractivity contribution in [2.24, 2.45) is 0 Å². The van der Waals surface area contributed by atoms with Crippen LogP contribution in [0.5, 0.6) is 0 Å². The van der Waals surface area contributed by atoms with Crippen LogP contribution in [0.1, 0.15) is 44.7 Å². The summed E-state index contributed by atoms with van der Waals surface area (Å²) in [4.78, 5) is 24.9. The highest BCUT2D eigenvalue weighted by Gasteiger charge is 2.28. The summed E-state index contributed by atoms with van der Waals surface area (Å²) in [5.41, 5.74) is 6.86. The first-order valence-corrected chi connectivity index (χ1v) is 12.4. The van der Waals surface area contributed by atoms with Crippen molar-refractivity contribution < 1.29 is 18.4 Å². The monoisotopic (exact) mass is 466 g/mol. The van der Waals surface area contributed by atoms with E-state index in [2.05, 4.69) is 12.1 Å².